The molecule has 1 saturated carbocycles. The van der Waals surface area contributed by atoms with Crippen molar-refractivity contribution >= 4 is 74.4 Å². The van der Waals surface area contributed by atoms with Gasteiger partial charge in [-0.05, 0) is 77.0 Å². The highest BCUT2D eigenvalue weighted by Crippen LogP contribution is 2.36. The molecule has 3 unspecified atom stereocenters. The zero-order valence-corrected chi connectivity index (χ0v) is 59.0. The largest absolute Gasteiger partial charge is 0.480 e. The predicted octanol–water partition coefficient (Wildman–Crippen LogP) is 8.45. The number of carboxylic acids is 2. The van der Waals surface area contributed by atoms with E-state index in [0.717, 1.165) is 95.7 Å². The monoisotopic (exact) mass is 1380 g/mol. The Morgan fingerprint density at radius 1 is 0.542 bits per heavy atom. The second-order valence-electron chi connectivity index (χ2n) is 27.1. The summed E-state index contributed by atoms with van der Waals surface area (Å²) in [4.78, 5) is 137. The molecule has 0 spiro atoms. The van der Waals surface area contributed by atoms with E-state index in [1.807, 2.05) is 20.8 Å². The summed E-state index contributed by atoms with van der Waals surface area (Å²) in [5, 5.41) is 43.8. The number of amides is 5. The minimum Gasteiger partial charge on any atom is -0.480 e. The van der Waals surface area contributed by atoms with Crippen LogP contribution in [0, 0.1) is 23.2 Å². The number of carbonyl (C=O) groups is 11. The highest BCUT2D eigenvalue weighted by atomic mass is 32.2. The molecule has 9 N–H and O–H groups in total. The molecule has 548 valence electrons. The molecule has 0 bridgehead atoms. The van der Waals surface area contributed by atoms with Crippen molar-refractivity contribution in [2.24, 2.45) is 28.9 Å². The summed E-state index contributed by atoms with van der Waals surface area (Å²) in [6.07, 6.45) is 27.3. The lowest BCUT2D eigenvalue weighted by Gasteiger charge is -2.25. The van der Waals surface area contributed by atoms with Gasteiger partial charge in [0.25, 0.3) is 0 Å². The van der Waals surface area contributed by atoms with Gasteiger partial charge >= 0.3 is 11.9 Å². The quantitative estimate of drug-likeness (QED) is 0.0283. The highest BCUT2D eigenvalue weighted by Gasteiger charge is 2.40. The zero-order valence-electron chi connectivity index (χ0n) is 58.2. The van der Waals surface area contributed by atoms with Crippen molar-refractivity contribution in [1.82, 2.24) is 41.9 Å². The van der Waals surface area contributed by atoms with Crippen LogP contribution in [0.4, 0.5) is 0 Å². The van der Waals surface area contributed by atoms with Crippen LogP contribution >= 0.6 is 0 Å². The number of aryl methyl sites for hydroxylation is 1. The van der Waals surface area contributed by atoms with Crippen molar-refractivity contribution < 1.29 is 80.8 Å². The summed E-state index contributed by atoms with van der Waals surface area (Å²) in [5.74, 6) is -6.87. The minimum absolute atomic E-state index is 0.0240. The molecule has 96 heavy (non-hydrogen) atoms. The maximum Gasteiger partial charge on any atom is 0.326 e. The number of hydrogen-bond acceptors (Lipinski definition) is 18. The van der Waals surface area contributed by atoms with Crippen molar-refractivity contribution in [3.05, 3.63) is 5.82 Å². The number of sulfone groups is 1. The van der Waals surface area contributed by atoms with Gasteiger partial charge in [-0.3, -0.25) is 43.2 Å². The number of aromatic amines is 1. The molecule has 27 heteroatoms. The van der Waals surface area contributed by atoms with Crippen molar-refractivity contribution in [3.8, 4) is 0 Å². The number of hydrogen-bond donors (Lipinski definition) is 8. The van der Waals surface area contributed by atoms with Gasteiger partial charge in [0.1, 0.15) is 47.6 Å². The summed E-state index contributed by atoms with van der Waals surface area (Å²) < 4.78 is 35.9. The number of rotatable bonds is 63. The number of nitrogens with two attached hydrogens (primary N) is 1. The third kappa shape index (κ3) is 44.0. The van der Waals surface area contributed by atoms with Gasteiger partial charge in [-0.15, -0.1) is 10.2 Å². The first-order valence-corrected chi connectivity index (χ1v) is 37.8. The fourth-order valence-corrected chi connectivity index (χ4v) is 13.1. The maximum absolute atomic E-state index is 13.5. The number of ketones is 4. The van der Waals surface area contributed by atoms with Crippen LogP contribution in [0.15, 0.2) is 0 Å². The summed E-state index contributed by atoms with van der Waals surface area (Å²) >= 11 is 0. The maximum atomic E-state index is 13.5. The van der Waals surface area contributed by atoms with E-state index in [9.17, 15) is 71.4 Å². The average molecular weight is 1380 g/mol. The highest BCUT2D eigenvalue weighted by molar-refractivity contribution is 7.92. The number of tetrazole rings is 1. The first kappa shape index (κ1) is 86.0. The number of nitrogens with zero attached hydrogens (tertiary/aromatic N) is 3. The molecule has 0 aromatic carbocycles. The van der Waals surface area contributed by atoms with Crippen molar-refractivity contribution in [2.75, 3.05) is 51.0 Å². The first-order valence-electron chi connectivity index (χ1n) is 35.9. The zero-order chi connectivity index (χ0) is 70.8. The molecule has 1 heterocycles. The normalized spacial score (nSPS) is 14.9. The number of ether oxygens (including phenoxy) is 2. The molecule has 5 atom stereocenters. The van der Waals surface area contributed by atoms with Gasteiger partial charge in [-0.2, -0.15) is 5.21 Å². The van der Waals surface area contributed by atoms with Gasteiger partial charge in [0, 0.05) is 94.2 Å². The van der Waals surface area contributed by atoms with Crippen LogP contribution in [0.25, 0.3) is 0 Å². The number of carboxylic acid groups (broad SMARTS) is 2. The van der Waals surface area contributed by atoms with Crippen LogP contribution in [-0.4, -0.2) is 167 Å². The second kappa shape index (κ2) is 52.0. The summed E-state index contributed by atoms with van der Waals surface area (Å²) in [7, 11) is -3.56. The van der Waals surface area contributed by atoms with Crippen LogP contribution in [0.1, 0.15) is 277 Å². The Bertz CT molecular complexity index is 2560. The smallest absolute Gasteiger partial charge is 0.326 e. The van der Waals surface area contributed by atoms with Crippen LogP contribution in [0.5, 0.6) is 0 Å². The molecule has 1 aromatic rings. The van der Waals surface area contributed by atoms with E-state index in [-0.39, 0.29) is 131 Å². The number of carbonyl (C=O) groups excluding carboxylic acids is 9. The van der Waals surface area contributed by atoms with E-state index in [2.05, 4.69) is 41.9 Å². The van der Waals surface area contributed by atoms with E-state index in [1.165, 1.54) is 51.4 Å². The Hall–Kier alpha value is -6.09. The molecule has 2 rings (SSSR count). The number of primary amides is 1. The third-order valence-electron chi connectivity index (χ3n) is 17.6. The van der Waals surface area contributed by atoms with Gasteiger partial charge in [-0.1, -0.05) is 154 Å². The lowest BCUT2D eigenvalue weighted by Crippen LogP contribution is -2.44. The Kier molecular flexibility index (Phi) is 46.6. The van der Waals surface area contributed by atoms with Gasteiger partial charge < -0.3 is 46.7 Å². The molecule has 1 aliphatic rings. The van der Waals surface area contributed by atoms with E-state index in [1.54, 1.807) is 0 Å². The third-order valence-corrected chi connectivity index (χ3v) is 19.3. The van der Waals surface area contributed by atoms with Gasteiger partial charge in [0.05, 0.1) is 19.0 Å². The van der Waals surface area contributed by atoms with Crippen molar-refractivity contribution in [3.63, 3.8) is 0 Å². The fourth-order valence-electron chi connectivity index (χ4n) is 11.8. The molecule has 26 nitrogen and oxygen atoms in total. The molecule has 1 aliphatic carbocycles. The molecular weight excluding hydrogens is 1260 g/mol. The number of H-pyrrole nitrogens is 1. The standard InChI is InChI=1S/C69H119N9O17S/c1-69(2,3)59(81)49-52(65(86)55-34-28-35-56(55)66(70)87)31-25-27-44-72-64(85)50-95-47-46-94-45-29-33-53(79)39-40-57(67(88)89)74-63(84)42-41-58(68(90)91)73-62(83)37-24-20-16-12-9-13-17-21-26-43-71-61(82)38-30-48-96(92,93)51-54(80)32-22-18-14-10-7-5-4-6-8-11-15-19-23-36-60-75-77-78-76-60/h52,55-58H,4-51H2,1-3H3,(H2,70,87)(H,71,82)(H,72,85)(H,73,83)(H,74,84)(H,88,89)(H,90,91)(H,75,76,77,78)/t52-,55?,56-,57?,58?/m1/s1. The van der Waals surface area contributed by atoms with Crippen molar-refractivity contribution in [1.29, 1.82) is 0 Å². The topological polar surface area (TPSA) is 409 Å². The number of Topliss-reactive ketones (excluding diaryl/α,β-unsaturated/α-hetero) is 4. The Balaban J connectivity index is 1.42. The molecule has 0 radical (unpaired) electrons. The fraction of sp³-hybridized carbons (Fsp3) is 0.826. The van der Waals surface area contributed by atoms with Gasteiger partial charge in [0.2, 0.25) is 29.5 Å². The number of aromatic nitrogens is 4. The molecule has 0 saturated heterocycles. The number of nitrogens with one attached hydrogen (secondary N) is 5. The molecule has 5 amide bonds. The van der Waals surface area contributed by atoms with E-state index < -0.39 is 80.5 Å². The SMILES string of the molecule is CC(C)(C)C(=O)C[C@@H](CCCCNC(=O)COCCOCCCC(=O)CCC(NC(=O)CCC(NC(=O)CCCCCCCCCCCNC(=O)CCCS(=O)(=O)CC(=O)CCCCCCCCCCCCCCCc1nn[nH]n1)C(=O)O)C(=O)O)C(=O)C1CCC[C@H]1C(N)=O. The lowest BCUT2D eigenvalue weighted by atomic mass is 9.77. The van der Waals surface area contributed by atoms with Crippen LogP contribution in [0.2, 0.25) is 0 Å². The Labute approximate surface area is 570 Å². The first-order chi connectivity index (χ1) is 45.9. The van der Waals surface area contributed by atoms with E-state index in [4.69, 9.17) is 15.2 Å². The van der Waals surface area contributed by atoms with Crippen LogP contribution in [0.3, 0.4) is 0 Å². The average Bonchev–Trinajstić information content (AvgIpc) is 1.70. The summed E-state index contributed by atoms with van der Waals surface area (Å²) in [6.45, 7) is 6.57. The Morgan fingerprint density at radius 3 is 1.59 bits per heavy atom. The van der Waals surface area contributed by atoms with Crippen LogP contribution < -0.4 is 27.0 Å². The van der Waals surface area contributed by atoms with Crippen LogP contribution in [-0.2, 0) is 78.5 Å². The molecular formula is C69H119N9O17S. The lowest BCUT2D eigenvalue weighted by molar-refractivity contribution is -0.143. The second-order valence-corrected chi connectivity index (χ2v) is 29.3. The number of unbranched alkanes of at least 4 members (excludes halogenated alkanes) is 21. The Morgan fingerprint density at radius 2 is 1.03 bits per heavy atom. The van der Waals surface area contributed by atoms with E-state index >= 15 is 0 Å². The number of aliphatic carboxylic acids is 2. The molecule has 1 aromatic heterocycles. The van der Waals surface area contributed by atoms with Gasteiger partial charge in [0.15, 0.2) is 15.7 Å². The predicted molar refractivity (Wildman–Crippen MR) is 363 cm³/mol. The summed E-state index contributed by atoms with van der Waals surface area (Å²) in [5.41, 5.74) is 4.97. The van der Waals surface area contributed by atoms with E-state index in [0.29, 0.717) is 64.5 Å². The van der Waals surface area contributed by atoms with Crippen molar-refractivity contribution in [2.45, 2.75) is 290 Å². The summed E-state index contributed by atoms with van der Waals surface area (Å²) in [6, 6.07) is -2.74. The molecule has 0 aliphatic heterocycles. The molecule has 1 fully saturated rings. The van der Waals surface area contributed by atoms with Gasteiger partial charge in [-0.25, -0.2) is 18.0 Å². The minimum atomic E-state index is -3.56.